The van der Waals surface area contributed by atoms with Crippen molar-refractivity contribution in [2.45, 2.75) is 26.3 Å². The smallest absolute Gasteiger partial charge is 0.227 e. The van der Waals surface area contributed by atoms with Crippen molar-refractivity contribution in [1.29, 1.82) is 0 Å². The standard InChI is InChI=1S/C19H24N6OS/c1-13-2-3-14(27-13)10-22-18(26)19(11-20)5-8-25(9-6-19)17-15-4-7-21-16(15)23-12-24-17/h2-4,7,12H,5-6,8-11,20H2,1H3,(H,22,26)(H,21,23,24). The summed E-state index contributed by atoms with van der Waals surface area (Å²) in [4.78, 5) is 29.4. The number of aromatic nitrogens is 3. The van der Waals surface area contributed by atoms with Gasteiger partial charge in [-0.1, -0.05) is 0 Å². The number of nitrogens with zero attached hydrogens (tertiary/aromatic N) is 3. The maximum atomic E-state index is 12.9. The lowest BCUT2D eigenvalue weighted by Gasteiger charge is -2.40. The van der Waals surface area contributed by atoms with Gasteiger partial charge >= 0.3 is 0 Å². The molecule has 4 heterocycles. The second-order valence-corrected chi connectivity index (χ2v) is 8.48. The normalized spacial score (nSPS) is 16.6. The van der Waals surface area contributed by atoms with Gasteiger partial charge in [-0.3, -0.25) is 4.79 Å². The molecule has 0 atom stereocenters. The zero-order valence-corrected chi connectivity index (χ0v) is 16.2. The molecule has 1 aliphatic rings. The van der Waals surface area contributed by atoms with Crippen LogP contribution in [0.4, 0.5) is 5.82 Å². The number of anilines is 1. The number of nitrogens with two attached hydrogens (primary N) is 1. The summed E-state index contributed by atoms with van der Waals surface area (Å²) in [6, 6.07) is 6.13. The SMILES string of the molecule is Cc1ccc(CNC(=O)C2(CN)CCN(c3ncnc4[nH]ccc34)CC2)s1. The van der Waals surface area contributed by atoms with Crippen molar-refractivity contribution < 1.29 is 4.79 Å². The van der Waals surface area contributed by atoms with Crippen LogP contribution in [0.1, 0.15) is 22.6 Å². The van der Waals surface area contributed by atoms with Gasteiger partial charge in [0.25, 0.3) is 0 Å². The first-order valence-corrected chi connectivity index (χ1v) is 10.00. The van der Waals surface area contributed by atoms with Crippen LogP contribution in [0.2, 0.25) is 0 Å². The lowest BCUT2D eigenvalue weighted by Crippen LogP contribution is -2.52. The van der Waals surface area contributed by atoms with E-state index in [0.717, 1.165) is 29.9 Å². The molecule has 1 fully saturated rings. The highest BCUT2D eigenvalue weighted by atomic mass is 32.1. The molecule has 7 nitrogen and oxygen atoms in total. The second kappa shape index (κ2) is 7.28. The molecule has 0 aliphatic carbocycles. The van der Waals surface area contributed by atoms with E-state index in [0.29, 0.717) is 25.9 Å². The van der Waals surface area contributed by atoms with Crippen molar-refractivity contribution in [1.82, 2.24) is 20.3 Å². The molecule has 4 N–H and O–H groups in total. The average Bonchev–Trinajstić information content (AvgIpc) is 3.34. The number of aryl methyl sites for hydroxylation is 1. The van der Waals surface area contributed by atoms with Crippen LogP contribution in [0.25, 0.3) is 11.0 Å². The Hall–Kier alpha value is -2.45. The van der Waals surface area contributed by atoms with Crippen LogP contribution in [-0.2, 0) is 11.3 Å². The Labute approximate surface area is 162 Å². The number of piperidine rings is 1. The maximum absolute atomic E-state index is 12.9. The fourth-order valence-electron chi connectivity index (χ4n) is 3.72. The van der Waals surface area contributed by atoms with Gasteiger partial charge in [0.2, 0.25) is 5.91 Å². The number of thiophene rings is 1. The quantitative estimate of drug-likeness (QED) is 0.626. The van der Waals surface area contributed by atoms with Crippen LogP contribution < -0.4 is 16.0 Å². The van der Waals surface area contributed by atoms with Gasteiger partial charge in [0.05, 0.1) is 17.3 Å². The molecule has 0 radical (unpaired) electrons. The monoisotopic (exact) mass is 384 g/mol. The van der Waals surface area contributed by atoms with Crippen LogP contribution in [-0.4, -0.2) is 40.5 Å². The van der Waals surface area contributed by atoms with Crippen LogP contribution in [0, 0.1) is 12.3 Å². The number of rotatable bonds is 5. The van der Waals surface area contributed by atoms with Gasteiger partial charge in [0, 0.05) is 35.6 Å². The first kappa shape index (κ1) is 17.9. The number of fused-ring (bicyclic) bond motifs is 1. The summed E-state index contributed by atoms with van der Waals surface area (Å²) in [5, 5.41) is 4.11. The number of hydrogen-bond donors (Lipinski definition) is 3. The maximum Gasteiger partial charge on any atom is 0.227 e. The largest absolute Gasteiger partial charge is 0.356 e. The first-order chi connectivity index (χ1) is 13.1. The minimum atomic E-state index is -0.507. The van der Waals surface area contributed by atoms with Gasteiger partial charge in [-0.25, -0.2) is 9.97 Å². The average molecular weight is 385 g/mol. The second-order valence-electron chi connectivity index (χ2n) is 7.10. The molecule has 3 aromatic heterocycles. The van der Waals surface area contributed by atoms with Crippen LogP contribution in [0.5, 0.6) is 0 Å². The lowest BCUT2D eigenvalue weighted by atomic mass is 9.77. The molecule has 3 aromatic rings. The molecule has 8 heteroatoms. The third-order valence-corrected chi connectivity index (χ3v) is 6.45. The van der Waals surface area contributed by atoms with Gasteiger partial charge in [-0.2, -0.15) is 0 Å². The number of nitrogens with one attached hydrogen (secondary N) is 2. The number of H-pyrrole nitrogens is 1. The first-order valence-electron chi connectivity index (χ1n) is 9.18. The molecule has 0 saturated carbocycles. The van der Waals surface area contributed by atoms with Gasteiger partial charge in [-0.05, 0) is 38.0 Å². The van der Waals surface area contributed by atoms with E-state index < -0.39 is 5.41 Å². The van der Waals surface area contributed by atoms with E-state index >= 15 is 0 Å². The molecule has 27 heavy (non-hydrogen) atoms. The number of carbonyl (C=O) groups excluding carboxylic acids is 1. The lowest BCUT2D eigenvalue weighted by molar-refractivity contribution is -0.131. The fraction of sp³-hybridized carbons (Fsp3) is 0.421. The third kappa shape index (κ3) is 3.42. The summed E-state index contributed by atoms with van der Waals surface area (Å²) >= 11 is 1.71. The summed E-state index contributed by atoms with van der Waals surface area (Å²) in [5.74, 6) is 0.978. The van der Waals surface area contributed by atoms with E-state index in [2.05, 4.69) is 44.2 Å². The molecule has 1 aliphatic heterocycles. The van der Waals surface area contributed by atoms with Crippen LogP contribution in [0.3, 0.4) is 0 Å². The molecule has 0 spiro atoms. The van der Waals surface area contributed by atoms with E-state index in [1.54, 1.807) is 17.7 Å². The molecule has 142 valence electrons. The number of carbonyl (C=O) groups is 1. The van der Waals surface area contributed by atoms with Crippen LogP contribution >= 0.6 is 11.3 Å². The summed E-state index contributed by atoms with van der Waals surface area (Å²) in [6.07, 6.45) is 4.88. The Morgan fingerprint density at radius 3 is 2.85 bits per heavy atom. The van der Waals surface area contributed by atoms with E-state index in [4.69, 9.17) is 5.73 Å². The number of aromatic amines is 1. The Morgan fingerprint density at radius 2 is 2.15 bits per heavy atom. The van der Waals surface area contributed by atoms with Crippen molar-refractivity contribution in [2.24, 2.45) is 11.1 Å². The summed E-state index contributed by atoms with van der Waals surface area (Å²) in [6.45, 7) is 4.50. The van der Waals surface area contributed by atoms with E-state index in [9.17, 15) is 4.79 Å². The van der Waals surface area contributed by atoms with E-state index in [1.165, 1.54) is 9.75 Å². The highest BCUT2D eigenvalue weighted by Gasteiger charge is 2.40. The Balaban J connectivity index is 1.43. The predicted molar refractivity (Wildman–Crippen MR) is 108 cm³/mol. The predicted octanol–water partition coefficient (Wildman–Crippen LogP) is 2.19. The van der Waals surface area contributed by atoms with Gasteiger partial charge in [0.1, 0.15) is 17.8 Å². The highest BCUT2D eigenvalue weighted by Crippen LogP contribution is 2.34. The zero-order valence-electron chi connectivity index (χ0n) is 15.4. The van der Waals surface area contributed by atoms with Crippen LogP contribution in [0.15, 0.2) is 30.7 Å². The summed E-state index contributed by atoms with van der Waals surface area (Å²) in [5.41, 5.74) is 6.39. The molecule has 1 amide bonds. The van der Waals surface area contributed by atoms with Crippen molar-refractivity contribution in [3.63, 3.8) is 0 Å². The molecular formula is C19H24N6OS. The zero-order chi connectivity index (χ0) is 18.9. The molecular weight excluding hydrogens is 360 g/mol. The van der Waals surface area contributed by atoms with E-state index in [-0.39, 0.29) is 5.91 Å². The van der Waals surface area contributed by atoms with Crippen molar-refractivity contribution >= 4 is 34.1 Å². The topological polar surface area (TPSA) is 99.9 Å². The fourth-order valence-corrected chi connectivity index (χ4v) is 4.55. The molecule has 4 rings (SSSR count). The Morgan fingerprint density at radius 1 is 1.33 bits per heavy atom. The molecule has 1 saturated heterocycles. The van der Waals surface area contributed by atoms with Gasteiger partial charge in [-0.15, -0.1) is 11.3 Å². The molecule has 0 bridgehead atoms. The molecule has 0 aromatic carbocycles. The van der Waals surface area contributed by atoms with Gasteiger partial charge in [0.15, 0.2) is 0 Å². The number of amides is 1. The minimum Gasteiger partial charge on any atom is -0.356 e. The third-order valence-electron chi connectivity index (χ3n) is 5.44. The van der Waals surface area contributed by atoms with E-state index in [1.807, 2.05) is 12.3 Å². The summed E-state index contributed by atoms with van der Waals surface area (Å²) < 4.78 is 0. The number of hydrogen-bond acceptors (Lipinski definition) is 6. The summed E-state index contributed by atoms with van der Waals surface area (Å²) in [7, 11) is 0. The Bertz CT molecular complexity index is 940. The molecule has 0 unspecified atom stereocenters. The van der Waals surface area contributed by atoms with Gasteiger partial charge < -0.3 is 20.9 Å². The highest BCUT2D eigenvalue weighted by molar-refractivity contribution is 7.11. The minimum absolute atomic E-state index is 0.0604. The van der Waals surface area contributed by atoms with Crippen molar-refractivity contribution in [3.05, 3.63) is 40.5 Å². The van der Waals surface area contributed by atoms with Crippen molar-refractivity contribution in [2.75, 3.05) is 24.5 Å². The Kier molecular flexibility index (Phi) is 4.84. The van der Waals surface area contributed by atoms with Crippen molar-refractivity contribution in [3.8, 4) is 0 Å².